The van der Waals surface area contributed by atoms with Crippen molar-refractivity contribution in [1.29, 1.82) is 0 Å². The van der Waals surface area contributed by atoms with Crippen LogP contribution in [0.1, 0.15) is 12.8 Å². The van der Waals surface area contributed by atoms with E-state index in [1.54, 1.807) is 6.07 Å². The zero-order valence-corrected chi connectivity index (χ0v) is 13.0. The van der Waals surface area contributed by atoms with Gasteiger partial charge in [0.25, 0.3) is 0 Å². The van der Waals surface area contributed by atoms with E-state index < -0.39 is 10.0 Å². The molecule has 1 heterocycles. The Balaban J connectivity index is 2.08. The van der Waals surface area contributed by atoms with Gasteiger partial charge in [0.15, 0.2) is 0 Å². The van der Waals surface area contributed by atoms with E-state index in [2.05, 4.69) is 20.7 Å². The molecule has 0 spiro atoms. The molecule has 1 aromatic carbocycles. The summed E-state index contributed by atoms with van der Waals surface area (Å²) in [6, 6.07) is 4.66. The Morgan fingerprint density at radius 1 is 1.53 bits per heavy atom. The number of halogens is 1. The highest BCUT2D eigenvalue weighted by molar-refractivity contribution is 9.10. The SMILES string of the molecule is COc1ccc(S(=O)(=O)NCC2CCCO2)cc1Br. The van der Waals surface area contributed by atoms with Crippen LogP contribution in [0.25, 0.3) is 0 Å². The third-order valence-corrected chi connectivity index (χ3v) is 5.00. The molecule has 0 aromatic heterocycles. The van der Waals surface area contributed by atoms with Crippen molar-refractivity contribution in [3.63, 3.8) is 0 Å². The molecule has 0 radical (unpaired) electrons. The Bertz CT molecular complexity index is 541. The van der Waals surface area contributed by atoms with Gasteiger partial charge in [-0.2, -0.15) is 0 Å². The molecule has 1 aliphatic heterocycles. The number of ether oxygens (including phenoxy) is 2. The summed E-state index contributed by atoms with van der Waals surface area (Å²) in [6.07, 6.45) is 1.87. The number of rotatable bonds is 5. The van der Waals surface area contributed by atoms with E-state index >= 15 is 0 Å². The summed E-state index contributed by atoms with van der Waals surface area (Å²) in [7, 11) is -1.98. The smallest absolute Gasteiger partial charge is 0.240 e. The van der Waals surface area contributed by atoms with Gasteiger partial charge in [-0.15, -0.1) is 0 Å². The van der Waals surface area contributed by atoms with Gasteiger partial charge in [0.1, 0.15) is 5.75 Å². The highest BCUT2D eigenvalue weighted by Gasteiger charge is 2.20. The van der Waals surface area contributed by atoms with Gasteiger partial charge in [0.2, 0.25) is 10.0 Å². The summed E-state index contributed by atoms with van der Waals surface area (Å²) in [5, 5.41) is 0. The molecule has 0 saturated carbocycles. The van der Waals surface area contributed by atoms with Gasteiger partial charge in [-0.25, -0.2) is 13.1 Å². The van der Waals surface area contributed by atoms with Crippen LogP contribution in [-0.2, 0) is 14.8 Å². The second kappa shape index (κ2) is 6.21. The Kier molecular flexibility index (Phi) is 4.83. The average molecular weight is 350 g/mol. The van der Waals surface area contributed by atoms with Crippen LogP contribution < -0.4 is 9.46 Å². The van der Waals surface area contributed by atoms with Gasteiger partial charge in [0, 0.05) is 13.2 Å². The minimum Gasteiger partial charge on any atom is -0.496 e. The first-order chi connectivity index (χ1) is 9.03. The minimum absolute atomic E-state index is 0.0172. The second-order valence-electron chi connectivity index (χ2n) is 4.28. The maximum Gasteiger partial charge on any atom is 0.240 e. The molecule has 1 aliphatic rings. The molecule has 1 saturated heterocycles. The predicted molar refractivity (Wildman–Crippen MR) is 74.9 cm³/mol. The Labute approximate surface area is 121 Å². The van der Waals surface area contributed by atoms with Crippen molar-refractivity contribution in [2.75, 3.05) is 20.3 Å². The normalized spacial score (nSPS) is 19.6. The van der Waals surface area contributed by atoms with E-state index in [1.807, 2.05) is 0 Å². The van der Waals surface area contributed by atoms with E-state index in [0.29, 0.717) is 23.4 Å². The van der Waals surface area contributed by atoms with Crippen molar-refractivity contribution < 1.29 is 17.9 Å². The summed E-state index contributed by atoms with van der Waals surface area (Å²) in [5.74, 6) is 0.595. The Hall–Kier alpha value is -0.630. The summed E-state index contributed by atoms with van der Waals surface area (Å²) < 4.78 is 37.9. The molecule has 7 heteroatoms. The lowest BCUT2D eigenvalue weighted by molar-refractivity contribution is 0.114. The van der Waals surface area contributed by atoms with Crippen molar-refractivity contribution in [2.45, 2.75) is 23.8 Å². The molecule has 0 aliphatic carbocycles. The van der Waals surface area contributed by atoms with Gasteiger partial charge < -0.3 is 9.47 Å². The summed E-state index contributed by atoms with van der Waals surface area (Å²) in [4.78, 5) is 0.207. The van der Waals surface area contributed by atoms with E-state index in [4.69, 9.17) is 9.47 Å². The van der Waals surface area contributed by atoms with Crippen molar-refractivity contribution >= 4 is 26.0 Å². The molecule has 1 N–H and O–H groups in total. The van der Waals surface area contributed by atoms with E-state index in [9.17, 15) is 8.42 Å². The van der Waals surface area contributed by atoms with Crippen LogP contribution in [0.2, 0.25) is 0 Å². The molecule has 1 aromatic rings. The highest BCUT2D eigenvalue weighted by Crippen LogP contribution is 2.27. The van der Waals surface area contributed by atoms with Crippen LogP contribution in [0.3, 0.4) is 0 Å². The monoisotopic (exact) mass is 349 g/mol. The first kappa shape index (κ1) is 14.8. The van der Waals surface area contributed by atoms with Crippen LogP contribution in [-0.4, -0.2) is 34.8 Å². The average Bonchev–Trinajstić information content (AvgIpc) is 2.89. The van der Waals surface area contributed by atoms with E-state index in [1.165, 1.54) is 19.2 Å². The lowest BCUT2D eigenvalue weighted by Gasteiger charge is -2.12. The summed E-state index contributed by atoms with van der Waals surface area (Å²) >= 11 is 3.28. The molecule has 5 nitrogen and oxygen atoms in total. The summed E-state index contributed by atoms with van der Waals surface area (Å²) in [6.45, 7) is 1.02. The maximum absolute atomic E-state index is 12.1. The second-order valence-corrected chi connectivity index (χ2v) is 6.90. The quantitative estimate of drug-likeness (QED) is 0.881. The Morgan fingerprint density at radius 2 is 2.32 bits per heavy atom. The first-order valence-corrected chi connectivity index (χ1v) is 8.25. The Morgan fingerprint density at radius 3 is 2.89 bits per heavy atom. The number of benzene rings is 1. The number of hydrogen-bond donors (Lipinski definition) is 1. The van der Waals surface area contributed by atoms with Crippen LogP contribution in [0.4, 0.5) is 0 Å². The molecule has 1 atom stereocenters. The van der Waals surface area contributed by atoms with Crippen molar-refractivity contribution in [1.82, 2.24) is 4.72 Å². The molecular weight excluding hydrogens is 334 g/mol. The molecule has 0 bridgehead atoms. The topological polar surface area (TPSA) is 64.6 Å². The van der Waals surface area contributed by atoms with Crippen molar-refractivity contribution in [3.05, 3.63) is 22.7 Å². The van der Waals surface area contributed by atoms with Crippen LogP contribution in [0, 0.1) is 0 Å². The fourth-order valence-corrected chi connectivity index (χ4v) is 3.69. The fraction of sp³-hybridized carbons (Fsp3) is 0.500. The lowest BCUT2D eigenvalue weighted by Crippen LogP contribution is -2.31. The molecule has 1 fully saturated rings. The largest absolute Gasteiger partial charge is 0.496 e. The number of hydrogen-bond acceptors (Lipinski definition) is 4. The van der Waals surface area contributed by atoms with E-state index in [0.717, 1.165) is 12.8 Å². The van der Waals surface area contributed by atoms with Gasteiger partial charge in [0.05, 0.1) is 22.6 Å². The van der Waals surface area contributed by atoms with Crippen LogP contribution >= 0.6 is 15.9 Å². The molecule has 0 amide bonds. The van der Waals surface area contributed by atoms with E-state index in [-0.39, 0.29) is 11.0 Å². The van der Waals surface area contributed by atoms with Crippen LogP contribution in [0.5, 0.6) is 5.75 Å². The van der Waals surface area contributed by atoms with Crippen molar-refractivity contribution in [2.24, 2.45) is 0 Å². The number of sulfonamides is 1. The molecular formula is C12H16BrNO4S. The minimum atomic E-state index is -3.51. The number of nitrogens with one attached hydrogen (secondary N) is 1. The lowest BCUT2D eigenvalue weighted by atomic mass is 10.2. The molecule has 106 valence electrons. The first-order valence-electron chi connectivity index (χ1n) is 5.98. The zero-order chi connectivity index (χ0) is 13.9. The molecule has 2 rings (SSSR count). The van der Waals surface area contributed by atoms with Gasteiger partial charge in [-0.3, -0.25) is 0 Å². The predicted octanol–water partition coefficient (Wildman–Crippen LogP) is 1.91. The number of methoxy groups -OCH3 is 1. The van der Waals surface area contributed by atoms with Gasteiger partial charge >= 0.3 is 0 Å². The standard InChI is InChI=1S/C12H16BrNO4S/c1-17-12-5-4-10(7-11(12)13)19(15,16)14-8-9-3-2-6-18-9/h4-5,7,9,14H,2-3,6,8H2,1H3. The van der Waals surface area contributed by atoms with Crippen LogP contribution in [0.15, 0.2) is 27.6 Å². The molecule has 19 heavy (non-hydrogen) atoms. The third kappa shape index (κ3) is 3.68. The highest BCUT2D eigenvalue weighted by atomic mass is 79.9. The molecule has 1 unspecified atom stereocenters. The fourth-order valence-electron chi connectivity index (χ4n) is 1.91. The summed E-state index contributed by atoms with van der Waals surface area (Å²) in [5.41, 5.74) is 0. The van der Waals surface area contributed by atoms with Crippen molar-refractivity contribution in [3.8, 4) is 5.75 Å². The zero-order valence-electron chi connectivity index (χ0n) is 10.6. The van der Waals surface area contributed by atoms with Gasteiger partial charge in [-0.1, -0.05) is 0 Å². The van der Waals surface area contributed by atoms with Gasteiger partial charge in [-0.05, 0) is 47.0 Å². The third-order valence-electron chi connectivity index (χ3n) is 2.96. The maximum atomic E-state index is 12.1.